The van der Waals surface area contributed by atoms with E-state index in [9.17, 15) is 9.67 Å². The Hall–Kier alpha value is 0.190. The summed E-state index contributed by atoms with van der Waals surface area (Å²) < 4.78 is 13.9. The second-order valence-corrected chi connectivity index (χ2v) is 10.5. The summed E-state index contributed by atoms with van der Waals surface area (Å²) in [6.07, 6.45) is 12.6. The fraction of sp³-hybridized carbons (Fsp3) is 1.00. The number of hydrogen-bond acceptors (Lipinski definition) is 2. The molecule has 0 saturated heterocycles. The Bertz CT molecular complexity index is 309. The van der Waals surface area contributed by atoms with E-state index in [0.29, 0.717) is 17.0 Å². The normalized spacial score (nSPS) is 35.6. The van der Waals surface area contributed by atoms with Crippen LogP contribution in [0, 0.1) is 0 Å². The monoisotopic (exact) mass is 270 g/mol. The molecule has 3 heteroatoms. The molecule has 0 unspecified atom stereocenters. The molecule has 0 bridgehead atoms. The Balaban J connectivity index is 1.84. The van der Waals surface area contributed by atoms with Crippen LogP contribution in [0.25, 0.3) is 0 Å². The number of rotatable bonds is 3. The second-order valence-electron chi connectivity index (χ2n) is 6.76. The molecule has 3 aliphatic rings. The van der Waals surface area contributed by atoms with Crippen molar-refractivity contribution in [2.75, 3.05) is 0 Å². The van der Waals surface area contributed by atoms with Crippen molar-refractivity contribution >= 4 is 7.14 Å². The zero-order chi connectivity index (χ0) is 12.6. The Morgan fingerprint density at radius 2 is 1.22 bits per heavy atom. The van der Waals surface area contributed by atoms with Crippen molar-refractivity contribution < 1.29 is 9.67 Å². The lowest BCUT2D eigenvalue weighted by molar-refractivity contribution is 0.183. The molecule has 0 aromatic heterocycles. The molecular formula is C15H27O2P. The van der Waals surface area contributed by atoms with Crippen LogP contribution in [0.5, 0.6) is 0 Å². The van der Waals surface area contributed by atoms with Gasteiger partial charge in [0.25, 0.3) is 0 Å². The maximum Gasteiger partial charge on any atom is 0.0965 e. The minimum Gasteiger partial charge on any atom is -0.393 e. The highest BCUT2D eigenvalue weighted by Gasteiger charge is 2.49. The van der Waals surface area contributed by atoms with E-state index < -0.39 is 7.14 Å². The summed E-state index contributed by atoms with van der Waals surface area (Å²) in [7, 11) is -2.06. The van der Waals surface area contributed by atoms with Gasteiger partial charge in [-0.3, -0.25) is 0 Å². The molecular weight excluding hydrogens is 243 g/mol. The Morgan fingerprint density at radius 1 is 0.722 bits per heavy atom. The molecule has 0 heterocycles. The highest BCUT2D eigenvalue weighted by atomic mass is 31.2. The van der Waals surface area contributed by atoms with E-state index in [0.717, 1.165) is 19.3 Å². The zero-order valence-electron chi connectivity index (χ0n) is 11.4. The van der Waals surface area contributed by atoms with E-state index in [1.807, 2.05) is 0 Å². The Labute approximate surface area is 111 Å². The summed E-state index contributed by atoms with van der Waals surface area (Å²) in [5, 5.41) is 9.83. The van der Waals surface area contributed by atoms with Crippen molar-refractivity contribution in [1.82, 2.24) is 0 Å². The summed E-state index contributed by atoms with van der Waals surface area (Å²) in [6.45, 7) is 0. The van der Waals surface area contributed by atoms with Gasteiger partial charge in [-0.1, -0.05) is 25.7 Å². The van der Waals surface area contributed by atoms with E-state index in [4.69, 9.17) is 0 Å². The first-order valence-electron chi connectivity index (χ1n) is 7.98. The van der Waals surface area contributed by atoms with E-state index >= 15 is 0 Å². The van der Waals surface area contributed by atoms with Crippen molar-refractivity contribution in [1.29, 1.82) is 0 Å². The molecule has 3 rings (SSSR count). The third-order valence-corrected chi connectivity index (χ3v) is 10.7. The molecule has 0 radical (unpaired) electrons. The summed E-state index contributed by atoms with van der Waals surface area (Å²) in [5.41, 5.74) is 1.42. The predicted molar refractivity (Wildman–Crippen MR) is 75.8 cm³/mol. The minimum absolute atomic E-state index is 0.161. The average molecular weight is 270 g/mol. The lowest BCUT2D eigenvalue weighted by Gasteiger charge is -2.35. The molecule has 18 heavy (non-hydrogen) atoms. The van der Waals surface area contributed by atoms with Gasteiger partial charge in [-0.2, -0.15) is 0 Å². The largest absolute Gasteiger partial charge is 0.393 e. The average Bonchev–Trinajstić information content (AvgIpc) is 3.11. The van der Waals surface area contributed by atoms with Gasteiger partial charge in [0.15, 0.2) is 0 Å². The molecule has 104 valence electrons. The van der Waals surface area contributed by atoms with Gasteiger partial charge in [0.05, 0.1) is 13.2 Å². The first kappa shape index (κ1) is 13.2. The van der Waals surface area contributed by atoms with Crippen molar-refractivity contribution in [2.45, 2.75) is 93.7 Å². The summed E-state index contributed by atoms with van der Waals surface area (Å²) in [5.74, 6) is 0. The lowest BCUT2D eigenvalue weighted by atomic mass is 10.3. The SMILES string of the molecule is O=P(C1CCCC1)(C1CCCC1)[C@@H]1CC[C@H](O)C1. The predicted octanol–water partition coefficient (Wildman–Crippen LogP) is 4.15. The molecule has 3 aliphatic carbocycles. The molecule has 0 aromatic rings. The Morgan fingerprint density at radius 3 is 1.61 bits per heavy atom. The van der Waals surface area contributed by atoms with Gasteiger partial charge in [-0.25, -0.2) is 0 Å². The standard InChI is InChI=1S/C15H27O2P/c16-12-9-10-15(11-12)18(17,13-5-1-2-6-13)14-7-3-4-8-14/h12-16H,1-11H2/t12-,15+/m0/s1. The third kappa shape index (κ3) is 2.20. The first-order valence-corrected chi connectivity index (χ1v) is 9.90. The van der Waals surface area contributed by atoms with Crippen LogP contribution in [0.1, 0.15) is 70.6 Å². The highest BCUT2D eigenvalue weighted by molar-refractivity contribution is 7.66. The maximum absolute atomic E-state index is 13.9. The van der Waals surface area contributed by atoms with Crippen LogP contribution >= 0.6 is 7.14 Å². The maximum atomic E-state index is 13.9. The van der Waals surface area contributed by atoms with Crippen LogP contribution in [0.3, 0.4) is 0 Å². The van der Waals surface area contributed by atoms with Crippen molar-refractivity contribution in [3.8, 4) is 0 Å². The van der Waals surface area contributed by atoms with E-state index in [2.05, 4.69) is 0 Å². The molecule has 0 aliphatic heterocycles. The lowest BCUT2D eigenvalue weighted by Crippen LogP contribution is -2.23. The molecule has 0 amide bonds. The van der Waals surface area contributed by atoms with E-state index in [-0.39, 0.29) is 6.10 Å². The quantitative estimate of drug-likeness (QED) is 0.782. The van der Waals surface area contributed by atoms with Crippen molar-refractivity contribution in [2.24, 2.45) is 0 Å². The number of aliphatic hydroxyl groups excluding tert-OH is 1. The second kappa shape index (κ2) is 5.29. The van der Waals surface area contributed by atoms with Gasteiger partial charge in [-0.15, -0.1) is 0 Å². The third-order valence-electron chi connectivity index (χ3n) is 5.74. The molecule has 0 spiro atoms. The summed E-state index contributed by atoms with van der Waals surface area (Å²) in [6, 6.07) is 0. The number of aliphatic hydroxyl groups is 1. The van der Waals surface area contributed by atoms with Crippen LogP contribution in [0.15, 0.2) is 0 Å². The zero-order valence-corrected chi connectivity index (χ0v) is 12.3. The van der Waals surface area contributed by atoms with Gasteiger partial charge < -0.3 is 9.67 Å². The van der Waals surface area contributed by atoms with Gasteiger partial charge in [0.2, 0.25) is 0 Å². The molecule has 1 N–H and O–H groups in total. The highest BCUT2D eigenvalue weighted by Crippen LogP contribution is 2.69. The Kier molecular flexibility index (Phi) is 3.87. The van der Waals surface area contributed by atoms with Crippen molar-refractivity contribution in [3.63, 3.8) is 0 Å². The summed E-state index contributed by atoms with van der Waals surface area (Å²) in [4.78, 5) is 0. The van der Waals surface area contributed by atoms with Crippen molar-refractivity contribution in [3.05, 3.63) is 0 Å². The van der Waals surface area contributed by atoms with Crippen LogP contribution in [0.4, 0.5) is 0 Å². The first-order chi connectivity index (χ1) is 8.71. The minimum atomic E-state index is -2.06. The molecule has 2 atom stereocenters. The fourth-order valence-corrected chi connectivity index (χ4v) is 10.1. The van der Waals surface area contributed by atoms with Gasteiger partial charge in [0.1, 0.15) is 0 Å². The molecule has 3 saturated carbocycles. The molecule has 0 aromatic carbocycles. The van der Waals surface area contributed by atoms with Crippen LogP contribution in [-0.4, -0.2) is 28.2 Å². The van der Waals surface area contributed by atoms with Gasteiger partial charge >= 0.3 is 0 Å². The smallest absolute Gasteiger partial charge is 0.0965 e. The van der Waals surface area contributed by atoms with E-state index in [1.165, 1.54) is 51.4 Å². The summed E-state index contributed by atoms with van der Waals surface area (Å²) >= 11 is 0. The van der Waals surface area contributed by atoms with Gasteiger partial charge in [-0.05, 0) is 44.9 Å². The van der Waals surface area contributed by atoms with Crippen LogP contribution < -0.4 is 0 Å². The fourth-order valence-electron chi connectivity index (χ4n) is 4.81. The van der Waals surface area contributed by atoms with Gasteiger partial charge in [0, 0.05) is 17.0 Å². The molecule has 3 fully saturated rings. The van der Waals surface area contributed by atoms with Crippen LogP contribution in [0.2, 0.25) is 0 Å². The van der Waals surface area contributed by atoms with E-state index in [1.54, 1.807) is 0 Å². The number of hydrogen-bond donors (Lipinski definition) is 1. The topological polar surface area (TPSA) is 37.3 Å². The van der Waals surface area contributed by atoms with Crippen LogP contribution in [-0.2, 0) is 4.57 Å². The molecule has 2 nitrogen and oxygen atoms in total.